The molecular weight excluding hydrogens is 343 g/mol. The van der Waals surface area contributed by atoms with Crippen LogP contribution in [0.1, 0.15) is 24.3 Å². The number of rotatable bonds is 4. The van der Waals surface area contributed by atoms with Crippen molar-refractivity contribution in [1.82, 2.24) is 20.0 Å². The summed E-state index contributed by atoms with van der Waals surface area (Å²) in [5, 5.41) is 9.39. The zero-order chi connectivity index (χ0) is 17.4. The maximum absolute atomic E-state index is 13.3. The first-order valence-corrected chi connectivity index (χ1v) is 9.11. The van der Waals surface area contributed by atoms with Crippen LogP contribution in [0.4, 0.5) is 4.39 Å². The van der Waals surface area contributed by atoms with Crippen LogP contribution in [0.15, 0.2) is 24.3 Å². The Kier molecular flexibility index (Phi) is 4.20. The number of piperazine rings is 1. The summed E-state index contributed by atoms with van der Waals surface area (Å²) in [6.45, 7) is 1.34. The zero-order valence-corrected chi connectivity index (χ0v) is 14.3. The monoisotopic (exact) mass is 360 g/mol. The number of carbonyl (C=O) groups is 2. The van der Waals surface area contributed by atoms with Crippen LogP contribution < -0.4 is 0 Å². The summed E-state index contributed by atoms with van der Waals surface area (Å²) in [6.07, 6.45) is 3.11. The smallest absolute Gasteiger partial charge is 0.312 e. The van der Waals surface area contributed by atoms with Gasteiger partial charge in [0, 0.05) is 24.7 Å². The minimum absolute atomic E-state index is 0.236. The van der Waals surface area contributed by atoms with Crippen LogP contribution in [0.3, 0.4) is 0 Å². The molecule has 0 bridgehead atoms. The molecule has 2 fully saturated rings. The summed E-state index contributed by atoms with van der Waals surface area (Å²) >= 11 is 1.31. The molecule has 0 spiro atoms. The number of hydrogen-bond acceptors (Lipinski definition) is 5. The Morgan fingerprint density at radius 2 is 2.00 bits per heavy atom. The molecule has 8 heteroatoms. The lowest BCUT2D eigenvalue weighted by Crippen LogP contribution is -2.58. The topological polar surface area (TPSA) is 66.4 Å². The van der Waals surface area contributed by atoms with Crippen molar-refractivity contribution in [2.75, 3.05) is 13.1 Å². The van der Waals surface area contributed by atoms with Gasteiger partial charge >= 0.3 is 11.8 Å². The van der Waals surface area contributed by atoms with Crippen molar-refractivity contribution in [1.29, 1.82) is 0 Å². The van der Waals surface area contributed by atoms with E-state index in [0.29, 0.717) is 28.7 Å². The average molecular weight is 360 g/mol. The van der Waals surface area contributed by atoms with Gasteiger partial charge in [0.15, 0.2) is 0 Å². The first kappa shape index (κ1) is 16.1. The maximum Gasteiger partial charge on any atom is 0.312 e. The van der Waals surface area contributed by atoms with E-state index in [4.69, 9.17) is 0 Å². The minimum atomic E-state index is -0.472. The third-order valence-electron chi connectivity index (χ3n) is 4.72. The molecule has 2 amide bonds. The van der Waals surface area contributed by atoms with Gasteiger partial charge in [0.05, 0.1) is 6.54 Å². The summed E-state index contributed by atoms with van der Waals surface area (Å²) in [4.78, 5) is 27.9. The van der Waals surface area contributed by atoms with Gasteiger partial charge in [-0.2, -0.15) is 0 Å². The molecule has 1 aromatic heterocycles. The van der Waals surface area contributed by atoms with Crippen LogP contribution in [0.25, 0.3) is 10.6 Å². The Balaban J connectivity index is 1.44. The van der Waals surface area contributed by atoms with Crippen LogP contribution in [-0.2, 0) is 16.1 Å². The van der Waals surface area contributed by atoms with Gasteiger partial charge in [0.1, 0.15) is 15.8 Å². The Bertz CT molecular complexity index is 820. The summed E-state index contributed by atoms with van der Waals surface area (Å²) in [5.74, 6) is -1.21. The zero-order valence-electron chi connectivity index (χ0n) is 13.5. The second-order valence-corrected chi connectivity index (χ2v) is 7.38. The number of benzene rings is 1. The second-order valence-electron chi connectivity index (χ2n) is 6.32. The highest BCUT2D eigenvalue weighted by atomic mass is 32.1. The van der Waals surface area contributed by atoms with Gasteiger partial charge in [-0.1, -0.05) is 23.5 Å². The van der Waals surface area contributed by atoms with E-state index in [2.05, 4.69) is 10.2 Å². The molecule has 130 valence electrons. The summed E-state index contributed by atoms with van der Waals surface area (Å²) in [6, 6.07) is 6.39. The van der Waals surface area contributed by atoms with Crippen LogP contribution in [0, 0.1) is 5.82 Å². The van der Waals surface area contributed by atoms with E-state index in [-0.39, 0.29) is 18.4 Å². The summed E-state index contributed by atoms with van der Waals surface area (Å²) in [5.41, 5.74) is 0.654. The van der Waals surface area contributed by atoms with Gasteiger partial charge in [-0.25, -0.2) is 4.39 Å². The standard InChI is InChI=1S/C17H17FN4O2S/c18-12-4-1-3-11(9-12)15-20-19-14(25-15)10-21-7-8-22(13-5-2-6-13)17(24)16(21)23/h1,3-4,9,13H,2,5-8,10H2. The molecule has 4 rings (SSSR count). The number of halogens is 1. The van der Waals surface area contributed by atoms with E-state index in [1.165, 1.54) is 28.4 Å². The van der Waals surface area contributed by atoms with Gasteiger partial charge < -0.3 is 9.80 Å². The molecule has 0 radical (unpaired) electrons. The number of hydrogen-bond donors (Lipinski definition) is 0. The average Bonchev–Trinajstić information content (AvgIpc) is 3.01. The minimum Gasteiger partial charge on any atom is -0.330 e. The molecule has 2 aliphatic rings. The van der Waals surface area contributed by atoms with E-state index < -0.39 is 11.8 Å². The fourth-order valence-electron chi connectivity index (χ4n) is 3.11. The Morgan fingerprint density at radius 3 is 2.72 bits per heavy atom. The van der Waals surface area contributed by atoms with E-state index in [0.717, 1.165) is 19.3 Å². The normalized spacial score (nSPS) is 18.6. The molecule has 1 saturated carbocycles. The number of amides is 2. The Hall–Kier alpha value is -2.35. The third-order valence-corrected chi connectivity index (χ3v) is 5.68. The number of aromatic nitrogens is 2. The Labute approximate surface area is 148 Å². The van der Waals surface area contributed by atoms with Crippen molar-refractivity contribution in [3.63, 3.8) is 0 Å². The van der Waals surface area contributed by atoms with Gasteiger partial charge in [0.2, 0.25) is 0 Å². The van der Waals surface area contributed by atoms with Crippen LogP contribution in [0.5, 0.6) is 0 Å². The van der Waals surface area contributed by atoms with Crippen molar-refractivity contribution in [2.24, 2.45) is 0 Å². The van der Waals surface area contributed by atoms with Crippen molar-refractivity contribution < 1.29 is 14.0 Å². The van der Waals surface area contributed by atoms with Crippen molar-refractivity contribution in [2.45, 2.75) is 31.8 Å². The van der Waals surface area contributed by atoms with E-state index in [1.807, 2.05) is 0 Å². The van der Waals surface area contributed by atoms with Gasteiger partial charge in [-0.15, -0.1) is 10.2 Å². The molecule has 2 heterocycles. The molecule has 25 heavy (non-hydrogen) atoms. The largest absolute Gasteiger partial charge is 0.330 e. The lowest BCUT2D eigenvalue weighted by atomic mass is 9.91. The first-order valence-electron chi connectivity index (χ1n) is 8.30. The van der Waals surface area contributed by atoms with Crippen molar-refractivity contribution in [3.05, 3.63) is 35.1 Å². The quantitative estimate of drug-likeness (QED) is 0.783. The molecule has 1 saturated heterocycles. The predicted molar refractivity (Wildman–Crippen MR) is 90.1 cm³/mol. The fourth-order valence-corrected chi connectivity index (χ4v) is 3.96. The predicted octanol–water partition coefficient (Wildman–Crippen LogP) is 2.07. The summed E-state index contributed by atoms with van der Waals surface area (Å²) < 4.78 is 13.3. The highest BCUT2D eigenvalue weighted by Crippen LogP contribution is 2.28. The molecule has 6 nitrogen and oxygen atoms in total. The SMILES string of the molecule is O=C1C(=O)N(C2CCC2)CCN1Cc1nnc(-c2cccc(F)c2)s1. The highest BCUT2D eigenvalue weighted by Gasteiger charge is 2.38. The Morgan fingerprint density at radius 1 is 1.16 bits per heavy atom. The van der Waals surface area contributed by atoms with Crippen LogP contribution in [0.2, 0.25) is 0 Å². The number of nitrogens with zero attached hydrogens (tertiary/aromatic N) is 4. The number of carbonyl (C=O) groups excluding carboxylic acids is 2. The molecule has 1 aliphatic heterocycles. The molecule has 0 unspecified atom stereocenters. The maximum atomic E-state index is 13.3. The molecule has 1 aliphatic carbocycles. The first-order chi connectivity index (χ1) is 12.1. The van der Waals surface area contributed by atoms with Crippen LogP contribution in [-0.4, -0.2) is 50.9 Å². The lowest BCUT2D eigenvalue weighted by molar-refractivity contribution is -0.159. The van der Waals surface area contributed by atoms with Crippen molar-refractivity contribution in [3.8, 4) is 10.6 Å². The van der Waals surface area contributed by atoms with E-state index in [1.54, 1.807) is 17.0 Å². The third kappa shape index (κ3) is 3.13. The van der Waals surface area contributed by atoms with Crippen LogP contribution >= 0.6 is 11.3 Å². The highest BCUT2D eigenvalue weighted by molar-refractivity contribution is 7.14. The van der Waals surface area contributed by atoms with E-state index >= 15 is 0 Å². The van der Waals surface area contributed by atoms with Gasteiger partial charge in [-0.05, 0) is 31.4 Å². The molecule has 0 N–H and O–H groups in total. The second kappa shape index (κ2) is 6.51. The van der Waals surface area contributed by atoms with E-state index in [9.17, 15) is 14.0 Å². The summed E-state index contributed by atoms with van der Waals surface area (Å²) in [7, 11) is 0. The van der Waals surface area contributed by atoms with Crippen molar-refractivity contribution >= 4 is 23.2 Å². The fraction of sp³-hybridized carbons (Fsp3) is 0.412. The lowest BCUT2D eigenvalue weighted by Gasteiger charge is -2.41. The molecular formula is C17H17FN4O2S. The molecule has 1 aromatic carbocycles. The van der Waals surface area contributed by atoms with Gasteiger partial charge in [-0.3, -0.25) is 9.59 Å². The molecule has 0 atom stereocenters. The van der Waals surface area contributed by atoms with Gasteiger partial charge in [0.25, 0.3) is 0 Å². The molecule has 2 aromatic rings.